The molecular formula is C23H27Cl2N5O3. The first kappa shape index (κ1) is 23.6. The molecule has 2 N–H and O–H groups in total. The molecule has 0 atom stereocenters. The molecule has 0 radical (unpaired) electrons. The van der Waals surface area contributed by atoms with Crippen LogP contribution in [0.15, 0.2) is 18.2 Å². The largest absolute Gasteiger partial charge is 0.444 e. The van der Waals surface area contributed by atoms with E-state index in [2.05, 4.69) is 9.97 Å². The number of hydrogen-bond acceptors (Lipinski definition) is 6. The SMILES string of the molecule is CC(C)(C)OC(=O)N1CCC(CN2Cc3c(nc(N)nc3-c3ccc(Cl)cc3Cl)C2=O)CC1. The number of amides is 2. The maximum atomic E-state index is 13.1. The van der Waals surface area contributed by atoms with E-state index < -0.39 is 5.60 Å². The number of nitrogen functional groups attached to an aromatic ring is 1. The molecule has 2 aliphatic heterocycles. The molecule has 33 heavy (non-hydrogen) atoms. The summed E-state index contributed by atoms with van der Waals surface area (Å²) in [7, 11) is 0. The molecule has 1 saturated heterocycles. The van der Waals surface area contributed by atoms with Crippen LogP contribution in [0.25, 0.3) is 11.3 Å². The van der Waals surface area contributed by atoms with Crippen molar-refractivity contribution in [1.82, 2.24) is 19.8 Å². The maximum Gasteiger partial charge on any atom is 0.410 e. The number of rotatable bonds is 3. The Morgan fingerprint density at radius 2 is 1.85 bits per heavy atom. The molecule has 2 aliphatic rings. The average molecular weight is 492 g/mol. The predicted octanol–water partition coefficient (Wildman–Crippen LogP) is 4.64. The van der Waals surface area contributed by atoms with Crippen LogP contribution in [0, 0.1) is 5.92 Å². The standard InChI is InChI=1S/C23H27Cl2N5O3/c1-23(2,3)33-22(32)29-8-6-13(7-9-29)11-30-12-16-18(15-5-4-14(24)10-17(15)25)27-21(26)28-19(16)20(30)31/h4-5,10,13H,6-9,11-12H2,1-3H3,(H2,26,27,28). The van der Waals surface area contributed by atoms with Gasteiger partial charge in [-0.1, -0.05) is 23.2 Å². The third-order valence-electron chi connectivity index (χ3n) is 5.79. The van der Waals surface area contributed by atoms with Gasteiger partial charge in [0.1, 0.15) is 11.3 Å². The Kier molecular flexibility index (Phi) is 6.42. The molecule has 8 nitrogen and oxygen atoms in total. The zero-order valence-corrected chi connectivity index (χ0v) is 20.4. The first-order valence-electron chi connectivity index (χ1n) is 10.9. The first-order chi connectivity index (χ1) is 15.5. The molecule has 3 heterocycles. The van der Waals surface area contributed by atoms with Crippen LogP contribution in [-0.2, 0) is 11.3 Å². The quantitative estimate of drug-likeness (QED) is 0.670. The number of nitrogens with zero attached hydrogens (tertiary/aromatic N) is 4. The van der Waals surface area contributed by atoms with Gasteiger partial charge in [0.15, 0.2) is 0 Å². The number of likely N-dealkylation sites (tertiary alicyclic amines) is 1. The fraction of sp³-hybridized carbons (Fsp3) is 0.478. The molecule has 0 unspecified atom stereocenters. The summed E-state index contributed by atoms with van der Waals surface area (Å²) < 4.78 is 5.46. The van der Waals surface area contributed by atoms with Gasteiger partial charge in [-0.05, 0) is 57.7 Å². The predicted molar refractivity (Wildman–Crippen MR) is 127 cm³/mol. The Balaban J connectivity index is 1.46. The van der Waals surface area contributed by atoms with Crippen molar-refractivity contribution in [3.05, 3.63) is 39.5 Å². The molecule has 1 aromatic heterocycles. The van der Waals surface area contributed by atoms with Gasteiger partial charge in [-0.15, -0.1) is 0 Å². The Morgan fingerprint density at radius 1 is 1.18 bits per heavy atom. The molecule has 2 amide bonds. The summed E-state index contributed by atoms with van der Waals surface area (Å²) in [4.78, 5) is 37.5. The van der Waals surface area contributed by atoms with Crippen molar-refractivity contribution < 1.29 is 14.3 Å². The molecule has 0 spiro atoms. The van der Waals surface area contributed by atoms with Gasteiger partial charge in [0.2, 0.25) is 5.95 Å². The van der Waals surface area contributed by atoms with E-state index >= 15 is 0 Å². The fourth-order valence-corrected chi connectivity index (χ4v) is 4.73. The number of fused-ring (bicyclic) bond motifs is 1. The molecule has 0 bridgehead atoms. The number of carbonyl (C=O) groups excluding carboxylic acids is 2. The summed E-state index contributed by atoms with van der Waals surface area (Å²) in [5, 5.41) is 0.945. The average Bonchev–Trinajstić information content (AvgIpc) is 3.02. The summed E-state index contributed by atoms with van der Waals surface area (Å²) in [6.07, 6.45) is 1.30. The highest BCUT2D eigenvalue weighted by atomic mass is 35.5. The molecule has 0 saturated carbocycles. The van der Waals surface area contributed by atoms with Crippen molar-refractivity contribution in [3.8, 4) is 11.3 Å². The Bertz CT molecular complexity index is 1090. The number of halogens is 2. The Hall–Kier alpha value is -2.58. The molecule has 2 aromatic rings. The summed E-state index contributed by atoms with van der Waals surface area (Å²) >= 11 is 12.4. The van der Waals surface area contributed by atoms with Crippen molar-refractivity contribution in [2.45, 2.75) is 45.8 Å². The highest BCUT2D eigenvalue weighted by Gasteiger charge is 2.35. The van der Waals surface area contributed by atoms with Crippen molar-refractivity contribution in [2.75, 3.05) is 25.4 Å². The number of aromatic nitrogens is 2. The van der Waals surface area contributed by atoms with Gasteiger partial charge in [0.25, 0.3) is 5.91 Å². The molecule has 1 aromatic carbocycles. The van der Waals surface area contributed by atoms with Gasteiger partial charge < -0.3 is 20.3 Å². The number of ether oxygens (including phenoxy) is 1. The summed E-state index contributed by atoms with van der Waals surface area (Å²) in [6.45, 7) is 7.74. The van der Waals surface area contributed by atoms with Crippen LogP contribution in [0.2, 0.25) is 10.0 Å². The highest BCUT2D eigenvalue weighted by molar-refractivity contribution is 6.36. The summed E-state index contributed by atoms with van der Waals surface area (Å²) in [5.41, 5.74) is 7.64. The first-order valence-corrected chi connectivity index (χ1v) is 11.7. The van der Waals surface area contributed by atoms with Crippen LogP contribution in [0.3, 0.4) is 0 Å². The lowest BCUT2D eigenvalue weighted by molar-refractivity contribution is 0.0167. The third-order valence-corrected chi connectivity index (χ3v) is 6.34. The molecule has 1 fully saturated rings. The minimum atomic E-state index is -0.519. The minimum Gasteiger partial charge on any atom is -0.444 e. The van der Waals surface area contributed by atoms with E-state index in [9.17, 15) is 9.59 Å². The van der Waals surface area contributed by atoms with Crippen LogP contribution in [0.1, 0.15) is 49.7 Å². The lowest BCUT2D eigenvalue weighted by Gasteiger charge is -2.34. The summed E-state index contributed by atoms with van der Waals surface area (Å²) in [5.74, 6) is 0.130. The Labute approximate surface area is 203 Å². The molecule has 10 heteroatoms. The summed E-state index contributed by atoms with van der Waals surface area (Å²) in [6, 6.07) is 5.13. The van der Waals surface area contributed by atoms with Crippen molar-refractivity contribution in [1.29, 1.82) is 0 Å². The zero-order chi connectivity index (χ0) is 23.9. The molecular weight excluding hydrogens is 465 g/mol. The van der Waals surface area contributed by atoms with Gasteiger partial charge >= 0.3 is 6.09 Å². The minimum absolute atomic E-state index is 0.0237. The number of anilines is 1. The smallest absolute Gasteiger partial charge is 0.410 e. The zero-order valence-electron chi connectivity index (χ0n) is 18.9. The van der Waals surface area contributed by atoms with E-state index in [1.807, 2.05) is 20.8 Å². The number of benzene rings is 1. The van der Waals surface area contributed by atoms with Crippen molar-refractivity contribution >= 4 is 41.2 Å². The van der Waals surface area contributed by atoms with E-state index in [0.29, 0.717) is 58.7 Å². The second kappa shape index (κ2) is 8.99. The Morgan fingerprint density at radius 3 is 2.48 bits per heavy atom. The lowest BCUT2D eigenvalue weighted by Crippen LogP contribution is -2.43. The van der Waals surface area contributed by atoms with Gasteiger partial charge in [0, 0.05) is 35.8 Å². The van der Waals surface area contributed by atoms with Crippen LogP contribution < -0.4 is 5.73 Å². The molecule has 4 rings (SSSR count). The topological polar surface area (TPSA) is 102 Å². The van der Waals surface area contributed by atoms with Gasteiger partial charge in [-0.2, -0.15) is 0 Å². The maximum absolute atomic E-state index is 13.1. The van der Waals surface area contributed by atoms with E-state index in [0.717, 1.165) is 12.8 Å². The van der Waals surface area contributed by atoms with E-state index in [4.69, 9.17) is 33.7 Å². The molecule has 176 valence electrons. The number of carbonyl (C=O) groups is 2. The van der Waals surface area contributed by atoms with Crippen molar-refractivity contribution in [3.63, 3.8) is 0 Å². The van der Waals surface area contributed by atoms with Crippen LogP contribution in [0.5, 0.6) is 0 Å². The van der Waals surface area contributed by atoms with Crippen LogP contribution in [0.4, 0.5) is 10.7 Å². The van der Waals surface area contributed by atoms with Crippen LogP contribution >= 0.6 is 23.2 Å². The number of piperidine rings is 1. The van der Waals surface area contributed by atoms with E-state index in [1.54, 1.807) is 28.0 Å². The monoisotopic (exact) mass is 491 g/mol. The number of hydrogen-bond donors (Lipinski definition) is 1. The normalized spacial score (nSPS) is 16.8. The highest BCUT2D eigenvalue weighted by Crippen LogP contribution is 2.36. The van der Waals surface area contributed by atoms with E-state index in [1.165, 1.54) is 0 Å². The van der Waals surface area contributed by atoms with Gasteiger partial charge in [0.05, 0.1) is 17.3 Å². The second-order valence-corrected chi connectivity index (χ2v) is 10.3. The van der Waals surface area contributed by atoms with Gasteiger partial charge in [-0.25, -0.2) is 14.8 Å². The second-order valence-electron chi connectivity index (χ2n) is 9.48. The number of nitrogens with two attached hydrogens (primary N) is 1. The lowest BCUT2D eigenvalue weighted by atomic mass is 9.96. The third kappa shape index (κ3) is 5.17. The van der Waals surface area contributed by atoms with Crippen molar-refractivity contribution in [2.24, 2.45) is 5.92 Å². The van der Waals surface area contributed by atoms with E-state index in [-0.39, 0.29) is 23.9 Å². The molecule has 0 aliphatic carbocycles. The van der Waals surface area contributed by atoms with Gasteiger partial charge in [-0.3, -0.25) is 4.79 Å². The fourth-order valence-electron chi connectivity index (χ4n) is 4.23. The van der Waals surface area contributed by atoms with Crippen LogP contribution in [-0.4, -0.2) is 57.0 Å².